The average molecular weight is 1100 g/mol. The number of aliphatic hydroxyl groups is 1. The summed E-state index contributed by atoms with van der Waals surface area (Å²) < 4.78 is 90.4. The summed E-state index contributed by atoms with van der Waals surface area (Å²) in [5.41, 5.74) is 9.32. The number of nitrogens with two attached hydrogens (primary N) is 2. The zero-order valence-electron chi connectivity index (χ0n) is 39.0. The molecule has 0 aliphatic carbocycles. The van der Waals surface area contributed by atoms with Crippen molar-refractivity contribution in [3.63, 3.8) is 0 Å². The summed E-state index contributed by atoms with van der Waals surface area (Å²) in [6.07, 6.45) is -7.98. The SMILES string of the molecule is Nc1nc2c(ncn2[C@@H]2O[C@@H]3COP(=O)(O)OC4C(NC(=O)CCOCCOCCOCCOCCOCCC(=O)ON5C(=O)C=CC5=O)[C@H](n5cnc6c(=O)[nH]c(N)nc65)O[C@@H]4COP(=O)(O)OC3C2O)c(=O)[nH]1. The fourth-order valence-corrected chi connectivity index (χ4v) is 9.69. The number of hydrogen-bond donors (Lipinski definition) is 8. The molecule has 10 N–H and O–H groups in total. The summed E-state index contributed by atoms with van der Waals surface area (Å²) >= 11 is 0. The number of imide groups is 1. The largest absolute Gasteiger partial charge is 0.472 e. The normalized spacial score (nSPS) is 28.1. The monoisotopic (exact) mass is 1100 g/mol. The minimum Gasteiger partial charge on any atom is -0.386 e. The maximum absolute atomic E-state index is 13.8. The number of phosphoric acid groups is 2. The first-order valence-corrected chi connectivity index (χ1v) is 25.6. The molecule has 3 saturated heterocycles. The number of H-pyrrole nitrogens is 2. The molecule has 8 rings (SSSR count). The predicted molar refractivity (Wildman–Crippen MR) is 243 cm³/mol. The van der Waals surface area contributed by atoms with Crippen molar-refractivity contribution in [3.05, 3.63) is 45.5 Å². The van der Waals surface area contributed by atoms with Gasteiger partial charge in [0, 0.05) is 18.6 Å². The van der Waals surface area contributed by atoms with Gasteiger partial charge in [-0.1, -0.05) is 5.06 Å². The molecule has 0 saturated carbocycles. The molecular weight excluding hydrogens is 1050 g/mol. The van der Waals surface area contributed by atoms with Crippen molar-refractivity contribution in [1.29, 1.82) is 0 Å². The molecule has 0 bridgehead atoms. The van der Waals surface area contributed by atoms with Crippen LogP contribution in [0.2, 0.25) is 0 Å². The molecule has 6 unspecified atom stereocenters. The molecule has 0 spiro atoms. The molecule has 4 aromatic heterocycles. The van der Waals surface area contributed by atoms with E-state index in [0.29, 0.717) is 5.06 Å². The number of nitrogens with zero attached hydrogens (tertiary/aromatic N) is 7. The third-order valence-corrected chi connectivity index (χ3v) is 13.1. The van der Waals surface area contributed by atoms with Crippen LogP contribution in [0.1, 0.15) is 25.3 Å². The maximum atomic E-state index is 13.8. The molecule has 4 aliphatic heterocycles. The number of nitrogen functional groups attached to an aromatic ring is 2. The number of imidazole rings is 2. The molecule has 35 nitrogen and oxygen atoms in total. The van der Waals surface area contributed by atoms with Gasteiger partial charge < -0.3 is 69.7 Å². The number of fused-ring (bicyclic) bond motifs is 4. The number of hydroxylamine groups is 2. The standard InChI is InChI=1S/C38H50N12O23P2/c39-37-44-31-26(33(56)46-37)41-17-48(31)35-25(43-21(51)3-5-62-7-9-64-11-13-66-14-12-65-10-8-63-6-4-24(54)71-50-22(52)1-2-23(50)53)29-19(69-35)15-67-75(60,61)73-30-20(16-68-74(58,59)72-29)70-36(28(30)55)49-18-42-27-32(49)45-38(40)47-34(27)57/h1-2,17-20,25,28-30,35-36,55H,3-16H2,(H,43,51)(H,58,59)(H,60,61)(H3,39,44,46,56)(H3,40,45,47,57)/t19-,20-,25?,28?,29?,30?,35-,36-/m1/s1. The Bertz CT molecular complexity index is 2950. The number of hydrogen-bond acceptors (Lipinski definition) is 27. The van der Waals surface area contributed by atoms with Gasteiger partial charge in [0.1, 0.15) is 36.6 Å². The van der Waals surface area contributed by atoms with E-state index < -0.39 is 113 Å². The van der Waals surface area contributed by atoms with Crippen LogP contribution in [0.4, 0.5) is 11.9 Å². The Balaban J connectivity index is 0.812. The Labute approximate surface area is 419 Å². The van der Waals surface area contributed by atoms with E-state index in [-0.39, 0.29) is 113 Å². The number of phosphoric ester groups is 2. The molecule has 0 aromatic carbocycles. The van der Waals surface area contributed by atoms with Crippen LogP contribution < -0.4 is 27.9 Å². The Hall–Kier alpha value is -5.98. The van der Waals surface area contributed by atoms with Gasteiger partial charge >= 0.3 is 21.6 Å². The number of aromatic amines is 2. The third kappa shape index (κ3) is 13.7. The summed E-state index contributed by atoms with van der Waals surface area (Å²) in [7, 11) is -10.5. The van der Waals surface area contributed by atoms with E-state index in [4.69, 9.17) is 62.7 Å². The number of amides is 3. The van der Waals surface area contributed by atoms with Gasteiger partial charge in [0.2, 0.25) is 17.8 Å². The fourth-order valence-electron chi connectivity index (χ4n) is 7.75. The van der Waals surface area contributed by atoms with Gasteiger partial charge in [0.25, 0.3) is 22.9 Å². The van der Waals surface area contributed by atoms with Crippen molar-refractivity contribution in [2.45, 2.75) is 61.9 Å². The zero-order chi connectivity index (χ0) is 53.4. The zero-order valence-corrected chi connectivity index (χ0v) is 40.8. The summed E-state index contributed by atoms with van der Waals surface area (Å²) in [5, 5.41) is 14.4. The predicted octanol–water partition coefficient (Wildman–Crippen LogP) is -3.68. The topological polar surface area (TPSA) is 468 Å². The Morgan fingerprint density at radius 3 is 1.64 bits per heavy atom. The number of nitrogens with one attached hydrogen (secondary N) is 3. The van der Waals surface area contributed by atoms with Gasteiger partial charge in [-0.25, -0.2) is 23.9 Å². The summed E-state index contributed by atoms with van der Waals surface area (Å²) in [4.78, 5) is 121. The second-order valence-corrected chi connectivity index (χ2v) is 19.1. The maximum Gasteiger partial charge on any atom is 0.472 e. The van der Waals surface area contributed by atoms with Crippen LogP contribution in [0.15, 0.2) is 34.4 Å². The molecule has 410 valence electrons. The van der Waals surface area contributed by atoms with Crippen molar-refractivity contribution in [2.24, 2.45) is 0 Å². The van der Waals surface area contributed by atoms with E-state index in [2.05, 4.69) is 40.1 Å². The molecule has 3 amide bonds. The van der Waals surface area contributed by atoms with Crippen molar-refractivity contribution in [2.75, 3.05) is 90.7 Å². The van der Waals surface area contributed by atoms with Crippen LogP contribution in [0.5, 0.6) is 0 Å². The summed E-state index contributed by atoms with van der Waals surface area (Å²) in [5.74, 6) is -3.66. The van der Waals surface area contributed by atoms with Crippen LogP contribution in [-0.4, -0.2) is 199 Å². The van der Waals surface area contributed by atoms with Crippen molar-refractivity contribution >= 4 is 73.6 Å². The van der Waals surface area contributed by atoms with Gasteiger partial charge in [-0.15, -0.1) is 0 Å². The highest BCUT2D eigenvalue weighted by atomic mass is 31.2. The lowest BCUT2D eigenvalue weighted by molar-refractivity contribution is -0.196. The highest BCUT2D eigenvalue weighted by molar-refractivity contribution is 7.47. The molecule has 8 heterocycles. The highest BCUT2D eigenvalue weighted by Crippen LogP contribution is 2.53. The lowest BCUT2D eigenvalue weighted by Gasteiger charge is -2.29. The quantitative estimate of drug-likeness (QED) is 0.0213. The molecule has 4 aromatic rings. The van der Waals surface area contributed by atoms with E-state index in [1.165, 1.54) is 4.57 Å². The van der Waals surface area contributed by atoms with Crippen LogP contribution in [0.3, 0.4) is 0 Å². The molecule has 75 heavy (non-hydrogen) atoms. The van der Waals surface area contributed by atoms with E-state index in [1.807, 2.05) is 0 Å². The number of rotatable bonds is 22. The number of carbonyl (C=O) groups excluding carboxylic acids is 4. The van der Waals surface area contributed by atoms with E-state index in [0.717, 1.165) is 29.4 Å². The van der Waals surface area contributed by atoms with E-state index in [1.54, 1.807) is 0 Å². The number of carbonyl (C=O) groups is 4. The Morgan fingerprint density at radius 2 is 1.12 bits per heavy atom. The van der Waals surface area contributed by atoms with Gasteiger partial charge in [-0.05, 0) is 0 Å². The van der Waals surface area contributed by atoms with Crippen molar-refractivity contribution < 1.29 is 99.3 Å². The van der Waals surface area contributed by atoms with Crippen molar-refractivity contribution in [3.8, 4) is 0 Å². The number of aliphatic hydroxyl groups excluding tert-OH is 1. The number of aromatic nitrogens is 8. The summed E-state index contributed by atoms with van der Waals surface area (Å²) in [6.45, 7) is -0.575. The van der Waals surface area contributed by atoms with E-state index in [9.17, 15) is 52.8 Å². The molecule has 37 heteroatoms. The molecule has 3 fully saturated rings. The second kappa shape index (κ2) is 24.3. The van der Waals surface area contributed by atoms with Gasteiger partial charge in [-0.3, -0.25) is 61.2 Å². The van der Waals surface area contributed by atoms with Crippen LogP contribution in [0, 0.1) is 0 Å². The van der Waals surface area contributed by atoms with E-state index >= 15 is 0 Å². The van der Waals surface area contributed by atoms with Crippen molar-refractivity contribution in [1.82, 2.24) is 49.4 Å². The number of ether oxygens (including phenoxy) is 7. The first-order chi connectivity index (χ1) is 35.9. The second-order valence-electron chi connectivity index (χ2n) is 16.3. The minimum atomic E-state index is -5.28. The Kier molecular flexibility index (Phi) is 17.9. The fraction of sp³-hybridized carbons (Fsp3) is 0.579. The average Bonchev–Trinajstić information content (AvgIpc) is 4.19. The van der Waals surface area contributed by atoms with Gasteiger partial charge in [0.15, 0.2) is 34.8 Å². The molecule has 10 atom stereocenters. The lowest BCUT2D eigenvalue weighted by atomic mass is 10.1. The highest BCUT2D eigenvalue weighted by Gasteiger charge is 2.54. The van der Waals surface area contributed by atoms with Crippen LogP contribution >= 0.6 is 15.6 Å². The molecule has 4 aliphatic rings. The Morgan fingerprint density at radius 1 is 0.680 bits per heavy atom. The van der Waals surface area contributed by atoms with Gasteiger partial charge in [0.05, 0.1) is 98.4 Å². The first-order valence-electron chi connectivity index (χ1n) is 22.6. The third-order valence-electron chi connectivity index (χ3n) is 11.1. The molecular formula is C38H50N12O23P2. The van der Waals surface area contributed by atoms with Crippen LogP contribution in [0.25, 0.3) is 22.3 Å². The lowest BCUT2D eigenvalue weighted by Crippen LogP contribution is -2.48. The first kappa shape index (κ1) is 55.3. The number of anilines is 2. The summed E-state index contributed by atoms with van der Waals surface area (Å²) in [6, 6.07) is -1.50. The van der Waals surface area contributed by atoms with Crippen LogP contribution in [-0.2, 0) is 84.4 Å². The van der Waals surface area contributed by atoms with Gasteiger partial charge in [-0.2, -0.15) is 9.97 Å². The molecule has 0 radical (unpaired) electrons. The smallest absolute Gasteiger partial charge is 0.386 e. The minimum absolute atomic E-state index is 0.0158.